The highest BCUT2D eigenvalue weighted by atomic mass is 32.1. The minimum absolute atomic E-state index is 0.0351. The van der Waals surface area contributed by atoms with Crippen molar-refractivity contribution in [1.82, 2.24) is 9.55 Å². The first-order valence-electron chi connectivity index (χ1n) is 8.68. The molecular formula is C17H29FN2O3SSi. The smallest absolute Gasteiger partial charge is 0.328 e. The first-order chi connectivity index (χ1) is 11.3. The van der Waals surface area contributed by atoms with Gasteiger partial charge in [0.25, 0.3) is 0 Å². The summed E-state index contributed by atoms with van der Waals surface area (Å²) in [5.41, 5.74) is -0.422. The molecule has 1 fully saturated rings. The van der Waals surface area contributed by atoms with Crippen LogP contribution >= 0.6 is 12.2 Å². The van der Waals surface area contributed by atoms with Crippen LogP contribution in [-0.4, -0.2) is 29.8 Å². The highest BCUT2D eigenvalue weighted by Crippen LogP contribution is 2.48. The summed E-state index contributed by atoms with van der Waals surface area (Å²) in [6.45, 7) is 14.1. The number of aromatic nitrogens is 2. The summed E-state index contributed by atoms with van der Waals surface area (Å²) in [6.07, 6.45) is 0.364. The number of rotatable bonds is 4. The molecular weight excluding hydrogens is 359 g/mol. The zero-order valence-corrected chi connectivity index (χ0v) is 17.9. The number of halogens is 1. The van der Waals surface area contributed by atoms with Gasteiger partial charge in [0, 0.05) is 18.5 Å². The first kappa shape index (κ1) is 20.5. The largest absolute Gasteiger partial charge is 0.409 e. The van der Waals surface area contributed by atoms with E-state index < -0.39 is 38.1 Å². The predicted molar refractivity (Wildman–Crippen MR) is 101 cm³/mol. The van der Waals surface area contributed by atoms with Crippen LogP contribution in [0.5, 0.6) is 0 Å². The van der Waals surface area contributed by atoms with Crippen LogP contribution in [-0.2, 0) is 9.16 Å². The number of nitrogens with zero attached hydrogens (tertiary/aromatic N) is 1. The molecule has 142 valence electrons. The molecule has 1 aromatic heterocycles. The summed E-state index contributed by atoms with van der Waals surface area (Å²) in [6, 6.07) is 1.60. The molecule has 1 aliphatic heterocycles. The van der Waals surface area contributed by atoms with Gasteiger partial charge in [-0.2, -0.15) is 0 Å². The van der Waals surface area contributed by atoms with E-state index in [0.717, 1.165) is 0 Å². The van der Waals surface area contributed by atoms with Crippen LogP contribution in [0.2, 0.25) is 18.1 Å². The second-order valence-electron chi connectivity index (χ2n) is 8.30. The Morgan fingerprint density at radius 1 is 1.48 bits per heavy atom. The molecule has 0 saturated carbocycles. The third-order valence-corrected chi connectivity index (χ3v) is 10.3. The van der Waals surface area contributed by atoms with E-state index in [2.05, 4.69) is 38.8 Å². The molecule has 1 N–H and O–H groups in total. The van der Waals surface area contributed by atoms with Gasteiger partial charge in [0.05, 0.1) is 6.10 Å². The Hall–Kier alpha value is -0.833. The Labute approximate surface area is 154 Å². The molecule has 2 rings (SSSR count). The van der Waals surface area contributed by atoms with Crippen molar-refractivity contribution >= 4 is 20.5 Å². The lowest BCUT2D eigenvalue weighted by molar-refractivity contribution is -0.173. The summed E-state index contributed by atoms with van der Waals surface area (Å²) < 4.78 is 29.2. The standard InChI is InChI=1S/C17H29FN2O3SSi/c1-8-17(18)11(2)13(23-25(6,7)16(3,4)5)14(22-17)20-10-9-12(24)19-15(20)21/h9-11,13-14H,8H2,1-7H3,(H,19,21,24)/t11-,13+,14+,17+/m0/s1. The fourth-order valence-electron chi connectivity index (χ4n) is 2.79. The van der Waals surface area contributed by atoms with Crippen molar-refractivity contribution < 1.29 is 13.6 Å². The molecule has 5 nitrogen and oxygen atoms in total. The minimum Gasteiger partial charge on any atom is -0.409 e. The van der Waals surface area contributed by atoms with Gasteiger partial charge in [-0.3, -0.25) is 9.55 Å². The fourth-order valence-corrected chi connectivity index (χ4v) is 4.30. The van der Waals surface area contributed by atoms with Crippen LogP contribution in [0, 0.1) is 10.6 Å². The van der Waals surface area contributed by atoms with E-state index in [9.17, 15) is 4.79 Å². The van der Waals surface area contributed by atoms with Gasteiger partial charge in [-0.05, 0) is 24.2 Å². The molecule has 25 heavy (non-hydrogen) atoms. The molecule has 0 amide bonds. The van der Waals surface area contributed by atoms with Crippen molar-refractivity contribution in [1.29, 1.82) is 0 Å². The number of nitrogens with one attached hydrogen (secondary N) is 1. The van der Waals surface area contributed by atoms with Crippen LogP contribution in [0.25, 0.3) is 0 Å². The normalized spacial score (nSPS) is 30.6. The molecule has 0 aliphatic carbocycles. The second kappa shape index (κ2) is 6.72. The summed E-state index contributed by atoms with van der Waals surface area (Å²) in [4.78, 5) is 14.9. The number of aromatic amines is 1. The molecule has 0 unspecified atom stereocenters. The summed E-state index contributed by atoms with van der Waals surface area (Å²) in [5, 5.41) is -0.0351. The maximum Gasteiger partial charge on any atom is 0.328 e. The molecule has 8 heteroatoms. The second-order valence-corrected chi connectivity index (χ2v) is 13.5. The topological polar surface area (TPSA) is 56.2 Å². The van der Waals surface area contributed by atoms with E-state index in [0.29, 0.717) is 4.64 Å². The Morgan fingerprint density at radius 2 is 2.08 bits per heavy atom. The zero-order chi connectivity index (χ0) is 19.2. The van der Waals surface area contributed by atoms with E-state index in [1.165, 1.54) is 4.57 Å². The number of hydrogen-bond donors (Lipinski definition) is 1. The summed E-state index contributed by atoms with van der Waals surface area (Å²) in [5.74, 6) is -2.32. The van der Waals surface area contributed by atoms with Crippen LogP contribution in [0.15, 0.2) is 17.1 Å². The predicted octanol–water partition coefficient (Wildman–Crippen LogP) is 4.54. The van der Waals surface area contributed by atoms with Gasteiger partial charge in [-0.1, -0.05) is 46.8 Å². The van der Waals surface area contributed by atoms with Crippen molar-refractivity contribution in [3.8, 4) is 0 Å². The monoisotopic (exact) mass is 388 g/mol. The SMILES string of the molecule is CC[C@@]1(F)O[C@@H](n2ccc(=S)[nH]c2=O)[C@H](O[Si](C)(C)C(C)(C)C)[C@@H]1C. The van der Waals surface area contributed by atoms with E-state index in [-0.39, 0.29) is 11.5 Å². The van der Waals surface area contributed by atoms with Crippen molar-refractivity contribution in [2.45, 2.75) is 77.4 Å². The molecule has 2 heterocycles. The molecule has 0 aromatic carbocycles. The van der Waals surface area contributed by atoms with Crippen molar-refractivity contribution in [2.75, 3.05) is 0 Å². The molecule has 0 spiro atoms. The van der Waals surface area contributed by atoms with Crippen LogP contribution in [0.4, 0.5) is 4.39 Å². The average Bonchev–Trinajstić information content (AvgIpc) is 2.71. The van der Waals surface area contributed by atoms with Gasteiger partial charge in [0.15, 0.2) is 14.5 Å². The minimum atomic E-state index is -2.18. The zero-order valence-electron chi connectivity index (χ0n) is 16.1. The van der Waals surface area contributed by atoms with Gasteiger partial charge in [-0.15, -0.1) is 0 Å². The van der Waals surface area contributed by atoms with Crippen molar-refractivity contribution in [2.24, 2.45) is 5.92 Å². The third-order valence-electron chi connectivity index (χ3n) is 5.61. The van der Waals surface area contributed by atoms with E-state index >= 15 is 4.39 Å². The van der Waals surface area contributed by atoms with Crippen LogP contribution in [0.1, 0.15) is 47.3 Å². The average molecular weight is 389 g/mol. The van der Waals surface area contributed by atoms with E-state index in [1.54, 1.807) is 26.1 Å². The lowest BCUT2D eigenvalue weighted by Crippen LogP contribution is -2.48. The van der Waals surface area contributed by atoms with Gasteiger partial charge in [0.2, 0.25) is 5.85 Å². The molecule has 0 radical (unpaired) electrons. The maximum absolute atomic E-state index is 15.3. The number of H-pyrrole nitrogens is 1. The first-order valence-corrected chi connectivity index (χ1v) is 12.0. The number of alkyl halides is 1. The summed E-state index contributed by atoms with van der Waals surface area (Å²) >= 11 is 4.98. The van der Waals surface area contributed by atoms with Gasteiger partial charge in [0.1, 0.15) is 4.64 Å². The van der Waals surface area contributed by atoms with Gasteiger partial charge < -0.3 is 9.16 Å². The maximum atomic E-state index is 15.3. The highest BCUT2D eigenvalue weighted by molar-refractivity contribution is 7.71. The number of ether oxygens (including phenoxy) is 1. The van der Waals surface area contributed by atoms with Crippen LogP contribution in [0.3, 0.4) is 0 Å². The van der Waals surface area contributed by atoms with Crippen LogP contribution < -0.4 is 5.69 Å². The molecule has 1 aromatic rings. The lowest BCUT2D eigenvalue weighted by Gasteiger charge is -2.40. The fraction of sp³-hybridized carbons (Fsp3) is 0.765. The molecule has 4 atom stereocenters. The third kappa shape index (κ3) is 3.81. The van der Waals surface area contributed by atoms with E-state index in [1.807, 2.05) is 0 Å². The Kier molecular flexibility index (Phi) is 5.50. The Balaban J connectivity index is 2.48. The Bertz CT molecular complexity index is 742. The quantitative estimate of drug-likeness (QED) is 0.608. The summed E-state index contributed by atoms with van der Waals surface area (Å²) in [7, 11) is -2.18. The van der Waals surface area contributed by atoms with Gasteiger partial charge in [-0.25, -0.2) is 9.18 Å². The molecule has 1 saturated heterocycles. The van der Waals surface area contributed by atoms with Crippen molar-refractivity contribution in [3.63, 3.8) is 0 Å². The van der Waals surface area contributed by atoms with Gasteiger partial charge >= 0.3 is 5.69 Å². The van der Waals surface area contributed by atoms with Crippen molar-refractivity contribution in [3.05, 3.63) is 27.4 Å². The highest BCUT2D eigenvalue weighted by Gasteiger charge is 2.56. The Morgan fingerprint density at radius 3 is 2.56 bits per heavy atom. The number of hydrogen-bond acceptors (Lipinski definition) is 4. The lowest BCUT2D eigenvalue weighted by atomic mass is 9.96. The molecule has 0 bridgehead atoms. The molecule has 1 aliphatic rings. The van der Waals surface area contributed by atoms with E-state index in [4.69, 9.17) is 21.4 Å².